The first-order chi connectivity index (χ1) is 7.77. The summed E-state index contributed by atoms with van der Waals surface area (Å²) in [7, 11) is 0. The molecular weight excluding hydrogens is 326 g/mol. The molecule has 0 aliphatic heterocycles. The van der Waals surface area contributed by atoms with Crippen LogP contribution in [0.25, 0.3) is 0 Å². The molecule has 2 aromatic carbocycles. The zero-order valence-electron chi connectivity index (χ0n) is 9.31. The minimum absolute atomic E-state index is 1.18. The molecule has 82 valence electrons. The van der Waals surface area contributed by atoms with Gasteiger partial charge in [0.25, 0.3) is 0 Å². The maximum atomic E-state index is 2.68. The molecule has 2 heteroatoms. The molecule has 0 bridgehead atoms. The fraction of sp³-hybridized carbons (Fsp3) is 0.143. The topological polar surface area (TPSA) is 0 Å². The van der Waals surface area contributed by atoms with Crippen molar-refractivity contribution in [2.24, 2.45) is 0 Å². The Morgan fingerprint density at radius 2 is 1.19 bits per heavy atom. The molecule has 0 saturated carbocycles. The lowest BCUT2D eigenvalue weighted by Crippen LogP contribution is -2.18. The van der Waals surface area contributed by atoms with Gasteiger partial charge < -0.3 is 0 Å². The molecule has 0 saturated heterocycles. The Balaban J connectivity index is 2.49. The first-order valence-corrected chi connectivity index (χ1v) is 10.2. The fourth-order valence-electron chi connectivity index (χ4n) is 1.84. The van der Waals surface area contributed by atoms with Crippen molar-refractivity contribution in [3.05, 3.63) is 60.7 Å². The fourth-order valence-corrected chi connectivity index (χ4v) is 6.09. The van der Waals surface area contributed by atoms with Crippen molar-refractivity contribution in [1.82, 2.24) is 0 Å². The third kappa shape index (κ3) is 2.31. The van der Waals surface area contributed by atoms with Crippen LogP contribution in [-0.4, -0.2) is 6.16 Å². The van der Waals surface area contributed by atoms with E-state index in [2.05, 4.69) is 89.6 Å². The lowest BCUT2D eigenvalue weighted by Gasteiger charge is -2.18. The molecule has 0 aromatic heterocycles. The molecule has 0 aliphatic carbocycles. The standard InChI is InChI=1S/C14H15IP/c1-2-16(15,13-9-5-3-6-10-13)14-11-7-4-8-12-14/h3-12H,2H2,1H3/q+1. The average Bonchev–Trinajstić information content (AvgIpc) is 2.40. The second kappa shape index (κ2) is 5.29. The van der Waals surface area contributed by atoms with E-state index in [0.29, 0.717) is 0 Å². The molecule has 0 aliphatic rings. The predicted molar refractivity (Wildman–Crippen MR) is 83.6 cm³/mol. The summed E-state index contributed by atoms with van der Waals surface area (Å²) >= 11 is 2.68. The summed E-state index contributed by atoms with van der Waals surface area (Å²) in [5, 5.41) is 2.98. The lowest BCUT2D eigenvalue weighted by molar-refractivity contribution is 1.50. The highest BCUT2D eigenvalue weighted by molar-refractivity contribution is 14.2. The van der Waals surface area contributed by atoms with Crippen LogP contribution in [0.1, 0.15) is 6.92 Å². The van der Waals surface area contributed by atoms with Crippen molar-refractivity contribution in [1.29, 1.82) is 0 Å². The van der Waals surface area contributed by atoms with Crippen LogP contribution in [0.4, 0.5) is 0 Å². The van der Waals surface area contributed by atoms with Crippen LogP contribution in [0.5, 0.6) is 0 Å². The van der Waals surface area contributed by atoms with E-state index in [1.807, 2.05) is 0 Å². The van der Waals surface area contributed by atoms with Crippen molar-refractivity contribution in [2.45, 2.75) is 6.92 Å². The minimum Gasteiger partial charge on any atom is -0.0620 e. The molecule has 0 spiro atoms. The van der Waals surface area contributed by atoms with Crippen LogP contribution in [0.2, 0.25) is 0 Å². The van der Waals surface area contributed by atoms with Crippen molar-refractivity contribution >= 4 is 37.6 Å². The van der Waals surface area contributed by atoms with Gasteiger partial charge in [-0.3, -0.25) is 0 Å². The number of hydrogen-bond donors (Lipinski definition) is 0. The maximum Gasteiger partial charge on any atom is 0.167 e. The second-order valence-corrected chi connectivity index (χ2v) is 11.7. The Bertz CT molecular complexity index is 399. The van der Waals surface area contributed by atoms with Crippen LogP contribution in [0.15, 0.2) is 60.7 Å². The molecule has 0 heterocycles. The first kappa shape index (κ1) is 12.1. The highest BCUT2D eigenvalue weighted by atomic mass is 127. The third-order valence-corrected chi connectivity index (χ3v) is 11.3. The number of hydrogen-bond acceptors (Lipinski definition) is 0. The molecule has 0 amide bonds. The van der Waals surface area contributed by atoms with Gasteiger partial charge in [0.1, 0.15) is 15.5 Å². The van der Waals surface area contributed by atoms with E-state index in [4.69, 9.17) is 0 Å². The van der Waals surface area contributed by atoms with Crippen LogP contribution in [0.3, 0.4) is 0 Å². The van der Waals surface area contributed by atoms with E-state index in [9.17, 15) is 0 Å². The molecular formula is C14H15IP+. The lowest BCUT2D eigenvalue weighted by atomic mass is 10.4. The summed E-state index contributed by atoms with van der Waals surface area (Å²) in [4.78, 5) is -1.18. The minimum atomic E-state index is -1.18. The zero-order chi connectivity index (χ0) is 11.4. The van der Waals surface area contributed by atoms with E-state index in [1.165, 1.54) is 16.8 Å². The summed E-state index contributed by atoms with van der Waals surface area (Å²) in [5.41, 5.74) is 0. The predicted octanol–water partition coefficient (Wildman–Crippen LogP) is 4.02. The second-order valence-electron chi connectivity index (χ2n) is 3.70. The van der Waals surface area contributed by atoms with Gasteiger partial charge in [-0.05, 0) is 31.2 Å². The van der Waals surface area contributed by atoms with E-state index >= 15 is 0 Å². The van der Waals surface area contributed by atoms with Crippen LogP contribution in [-0.2, 0) is 0 Å². The van der Waals surface area contributed by atoms with E-state index in [1.54, 1.807) is 0 Å². The Hall–Kier alpha value is -0.400. The Kier molecular flexibility index (Phi) is 3.99. The molecule has 2 rings (SSSR count). The largest absolute Gasteiger partial charge is 0.167 e. The molecule has 0 radical (unpaired) electrons. The molecule has 0 fully saturated rings. The maximum absolute atomic E-state index is 2.68. The van der Waals surface area contributed by atoms with Crippen LogP contribution < -0.4 is 10.6 Å². The van der Waals surface area contributed by atoms with E-state index in [0.717, 1.165) is 0 Å². The number of benzene rings is 2. The summed E-state index contributed by atoms with van der Waals surface area (Å²) in [6.07, 6.45) is 1.21. The van der Waals surface area contributed by atoms with Gasteiger partial charge in [0.2, 0.25) is 0 Å². The SMILES string of the molecule is CC[P+](I)(c1ccccc1)c1ccccc1. The van der Waals surface area contributed by atoms with Crippen molar-refractivity contribution in [3.63, 3.8) is 0 Å². The molecule has 0 atom stereocenters. The van der Waals surface area contributed by atoms with E-state index in [-0.39, 0.29) is 0 Å². The van der Waals surface area contributed by atoms with Gasteiger partial charge in [-0.15, -0.1) is 0 Å². The van der Waals surface area contributed by atoms with Gasteiger partial charge in [0, 0.05) is 0 Å². The van der Waals surface area contributed by atoms with Crippen molar-refractivity contribution in [3.8, 4) is 0 Å². The van der Waals surface area contributed by atoms with Crippen molar-refractivity contribution in [2.75, 3.05) is 6.16 Å². The van der Waals surface area contributed by atoms with Gasteiger partial charge in [-0.2, -0.15) is 0 Å². The Morgan fingerprint density at radius 1 is 0.812 bits per heavy atom. The summed E-state index contributed by atoms with van der Waals surface area (Å²) < 4.78 is 0. The summed E-state index contributed by atoms with van der Waals surface area (Å²) in [6, 6.07) is 21.8. The molecule has 0 unspecified atom stereocenters. The highest BCUT2D eigenvalue weighted by Crippen LogP contribution is 2.64. The van der Waals surface area contributed by atoms with Gasteiger partial charge >= 0.3 is 0 Å². The van der Waals surface area contributed by atoms with Gasteiger partial charge in [0.05, 0.1) is 6.16 Å². The van der Waals surface area contributed by atoms with Gasteiger partial charge in [0.15, 0.2) is 22.0 Å². The van der Waals surface area contributed by atoms with E-state index < -0.39 is 4.90 Å². The Morgan fingerprint density at radius 3 is 1.50 bits per heavy atom. The highest BCUT2D eigenvalue weighted by Gasteiger charge is 2.38. The molecule has 16 heavy (non-hydrogen) atoms. The van der Waals surface area contributed by atoms with Gasteiger partial charge in [-0.25, -0.2) is 0 Å². The molecule has 2 aromatic rings. The van der Waals surface area contributed by atoms with Crippen LogP contribution >= 0.6 is 26.9 Å². The van der Waals surface area contributed by atoms with Crippen LogP contribution in [0, 0.1) is 0 Å². The summed E-state index contributed by atoms with van der Waals surface area (Å²) in [6.45, 7) is 2.29. The summed E-state index contributed by atoms with van der Waals surface area (Å²) in [5.74, 6) is 0. The number of rotatable bonds is 3. The Labute approximate surface area is 111 Å². The monoisotopic (exact) mass is 341 g/mol. The first-order valence-electron chi connectivity index (χ1n) is 5.46. The quantitative estimate of drug-likeness (QED) is 0.584. The zero-order valence-corrected chi connectivity index (χ0v) is 12.4. The third-order valence-electron chi connectivity index (χ3n) is 2.77. The smallest absolute Gasteiger partial charge is 0.0620 e. The normalized spacial score (nSPS) is 11.4. The van der Waals surface area contributed by atoms with Crippen molar-refractivity contribution < 1.29 is 0 Å². The molecule has 0 nitrogen and oxygen atoms in total. The molecule has 0 N–H and O–H groups in total. The average molecular weight is 341 g/mol. The van der Waals surface area contributed by atoms with Gasteiger partial charge in [-0.1, -0.05) is 36.4 Å². The number of halogens is 1.